The van der Waals surface area contributed by atoms with Gasteiger partial charge < -0.3 is 10.2 Å². The fraction of sp³-hybridized carbons (Fsp3) is 0.353. The van der Waals surface area contributed by atoms with Gasteiger partial charge in [-0.15, -0.1) is 0 Å². The Bertz CT molecular complexity index is 579. The fourth-order valence-corrected chi connectivity index (χ4v) is 2.12. The van der Waals surface area contributed by atoms with Crippen LogP contribution in [0.4, 0.5) is 10.2 Å². The second-order valence-corrected chi connectivity index (χ2v) is 5.50. The van der Waals surface area contributed by atoms with E-state index in [2.05, 4.69) is 29.3 Å². The number of nitrogens with zero attached hydrogens (tertiary/aromatic N) is 2. The van der Waals surface area contributed by atoms with Crippen LogP contribution in [0, 0.1) is 12.7 Å². The van der Waals surface area contributed by atoms with Crippen molar-refractivity contribution in [1.29, 1.82) is 0 Å². The molecule has 0 unspecified atom stereocenters. The van der Waals surface area contributed by atoms with Gasteiger partial charge >= 0.3 is 0 Å². The second kappa shape index (κ2) is 7.18. The zero-order valence-corrected chi connectivity index (χ0v) is 12.9. The largest absolute Gasteiger partial charge is 0.370 e. The Labute approximate surface area is 125 Å². The number of aryl methyl sites for hydroxylation is 1. The highest BCUT2D eigenvalue weighted by molar-refractivity contribution is 5.64. The van der Waals surface area contributed by atoms with E-state index in [1.165, 1.54) is 0 Å². The van der Waals surface area contributed by atoms with Gasteiger partial charge in [-0.1, -0.05) is 12.1 Å². The van der Waals surface area contributed by atoms with Gasteiger partial charge in [-0.25, -0.2) is 9.37 Å². The maximum Gasteiger partial charge on any atom is 0.131 e. The molecule has 0 amide bonds. The van der Waals surface area contributed by atoms with E-state index in [9.17, 15) is 4.39 Å². The highest BCUT2D eigenvalue weighted by Gasteiger charge is 2.05. The molecule has 3 nitrogen and oxygen atoms in total. The van der Waals surface area contributed by atoms with Crippen LogP contribution in [0.25, 0.3) is 11.1 Å². The predicted molar refractivity (Wildman–Crippen MR) is 86.0 cm³/mol. The molecule has 0 spiro atoms. The third-order valence-corrected chi connectivity index (χ3v) is 3.29. The normalized spacial score (nSPS) is 10.9. The Morgan fingerprint density at radius 3 is 2.62 bits per heavy atom. The summed E-state index contributed by atoms with van der Waals surface area (Å²) in [7, 11) is 4.12. The third-order valence-electron chi connectivity index (χ3n) is 3.29. The van der Waals surface area contributed by atoms with Crippen molar-refractivity contribution in [2.45, 2.75) is 13.3 Å². The van der Waals surface area contributed by atoms with Crippen molar-refractivity contribution in [3.8, 4) is 11.1 Å². The molecular weight excluding hydrogens is 265 g/mol. The van der Waals surface area contributed by atoms with Crippen molar-refractivity contribution >= 4 is 5.82 Å². The van der Waals surface area contributed by atoms with E-state index in [4.69, 9.17) is 0 Å². The van der Waals surface area contributed by atoms with Gasteiger partial charge in [-0.2, -0.15) is 0 Å². The first-order valence-electron chi connectivity index (χ1n) is 7.17. The molecule has 0 bridgehead atoms. The summed E-state index contributed by atoms with van der Waals surface area (Å²) in [5.41, 5.74) is 2.31. The van der Waals surface area contributed by atoms with Crippen LogP contribution < -0.4 is 5.32 Å². The van der Waals surface area contributed by atoms with Crippen LogP contribution >= 0.6 is 0 Å². The molecule has 0 saturated carbocycles. The average molecular weight is 287 g/mol. The van der Waals surface area contributed by atoms with Gasteiger partial charge in [0.25, 0.3) is 0 Å². The lowest BCUT2D eigenvalue weighted by molar-refractivity contribution is 0.405. The van der Waals surface area contributed by atoms with Crippen LogP contribution in [0.2, 0.25) is 0 Å². The number of hydrogen-bond donors (Lipinski definition) is 1. The SMILES string of the molecule is Cc1ccc(-c2ccc(NCCCN(C)C)nc2)c(F)c1. The summed E-state index contributed by atoms with van der Waals surface area (Å²) in [5, 5.41) is 3.27. The molecule has 1 aromatic heterocycles. The molecule has 2 aromatic rings. The van der Waals surface area contributed by atoms with Crippen molar-refractivity contribution in [2.24, 2.45) is 0 Å². The molecule has 1 N–H and O–H groups in total. The Morgan fingerprint density at radius 1 is 1.19 bits per heavy atom. The van der Waals surface area contributed by atoms with Gasteiger partial charge in [-0.05, 0) is 57.7 Å². The molecule has 0 atom stereocenters. The van der Waals surface area contributed by atoms with E-state index in [1.54, 1.807) is 18.3 Å². The van der Waals surface area contributed by atoms with Crippen molar-refractivity contribution in [1.82, 2.24) is 9.88 Å². The van der Waals surface area contributed by atoms with E-state index in [-0.39, 0.29) is 5.82 Å². The minimum Gasteiger partial charge on any atom is -0.370 e. The average Bonchev–Trinajstić information content (AvgIpc) is 2.44. The molecular formula is C17H22FN3. The highest BCUT2D eigenvalue weighted by atomic mass is 19.1. The van der Waals surface area contributed by atoms with Gasteiger partial charge in [0.15, 0.2) is 0 Å². The van der Waals surface area contributed by atoms with Crippen LogP contribution in [-0.4, -0.2) is 37.1 Å². The Balaban J connectivity index is 1.98. The molecule has 0 aliphatic heterocycles. The van der Waals surface area contributed by atoms with Gasteiger partial charge in [0.1, 0.15) is 11.6 Å². The first-order valence-corrected chi connectivity index (χ1v) is 7.17. The number of hydrogen-bond acceptors (Lipinski definition) is 3. The van der Waals surface area contributed by atoms with E-state index in [0.717, 1.165) is 36.5 Å². The molecule has 0 radical (unpaired) electrons. The minimum absolute atomic E-state index is 0.205. The number of aromatic nitrogens is 1. The Kier molecular flexibility index (Phi) is 5.28. The summed E-state index contributed by atoms with van der Waals surface area (Å²) >= 11 is 0. The van der Waals surface area contributed by atoms with Crippen LogP contribution in [0.5, 0.6) is 0 Å². The van der Waals surface area contributed by atoms with Crippen molar-refractivity contribution in [2.75, 3.05) is 32.5 Å². The van der Waals surface area contributed by atoms with E-state index in [1.807, 2.05) is 25.1 Å². The number of nitrogens with one attached hydrogen (secondary N) is 1. The first kappa shape index (κ1) is 15.4. The molecule has 1 aromatic carbocycles. The minimum atomic E-state index is -0.205. The molecule has 0 fully saturated rings. The zero-order valence-electron chi connectivity index (χ0n) is 12.9. The van der Waals surface area contributed by atoms with Gasteiger partial charge in [0.05, 0.1) is 0 Å². The van der Waals surface area contributed by atoms with E-state index < -0.39 is 0 Å². The first-order chi connectivity index (χ1) is 10.1. The van der Waals surface area contributed by atoms with E-state index in [0.29, 0.717) is 5.56 Å². The van der Waals surface area contributed by atoms with Crippen LogP contribution in [0.1, 0.15) is 12.0 Å². The molecule has 2 rings (SSSR count). The van der Waals surface area contributed by atoms with Crippen LogP contribution in [0.15, 0.2) is 36.5 Å². The quantitative estimate of drug-likeness (QED) is 0.823. The lowest BCUT2D eigenvalue weighted by Crippen LogP contribution is -2.16. The second-order valence-electron chi connectivity index (χ2n) is 5.50. The van der Waals surface area contributed by atoms with Crippen molar-refractivity contribution in [3.05, 3.63) is 47.9 Å². The molecule has 21 heavy (non-hydrogen) atoms. The lowest BCUT2D eigenvalue weighted by Gasteiger charge is -2.10. The topological polar surface area (TPSA) is 28.2 Å². The summed E-state index contributed by atoms with van der Waals surface area (Å²) in [6, 6.07) is 9.04. The number of rotatable bonds is 6. The molecule has 112 valence electrons. The zero-order chi connectivity index (χ0) is 15.2. The maximum atomic E-state index is 13.9. The summed E-state index contributed by atoms with van der Waals surface area (Å²) < 4.78 is 13.9. The fourth-order valence-electron chi connectivity index (χ4n) is 2.12. The van der Waals surface area contributed by atoms with Gasteiger partial charge in [0.2, 0.25) is 0 Å². The number of halogens is 1. The van der Waals surface area contributed by atoms with E-state index >= 15 is 0 Å². The Morgan fingerprint density at radius 2 is 2.00 bits per heavy atom. The lowest BCUT2D eigenvalue weighted by atomic mass is 10.1. The number of pyridine rings is 1. The molecule has 0 aliphatic carbocycles. The molecule has 0 aliphatic rings. The number of anilines is 1. The summed E-state index contributed by atoms with van der Waals surface area (Å²) in [4.78, 5) is 6.50. The standard InChI is InChI=1S/C17H22FN3/c1-13-5-7-15(16(18)11-13)14-6-8-17(20-12-14)19-9-4-10-21(2)3/h5-8,11-12H,4,9-10H2,1-3H3,(H,19,20). The summed E-state index contributed by atoms with van der Waals surface area (Å²) in [6.07, 6.45) is 2.77. The highest BCUT2D eigenvalue weighted by Crippen LogP contribution is 2.23. The summed E-state index contributed by atoms with van der Waals surface area (Å²) in [6.45, 7) is 3.80. The van der Waals surface area contributed by atoms with Crippen LogP contribution in [0.3, 0.4) is 0 Å². The van der Waals surface area contributed by atoms with Crippen molar-refractivity contribution in [3.63, 3.8) is 0 Å². The van der Waals surface area contributed by atoms with Gasteiger partial charge in [-0.3, -0.25) is 0 Å². The van der Waals surface area contributed by atoms with Crippen LogP contribution in [-0.2, 0) is 0 Å². The van der Waals surface area contributed by atoms with Gasteiger partial charge in [0, 0.05) is 23.9 Å². The molecule has 1 heterocycles. The predicted octanol–water partition coefficient (Wildman–Crippen LogP) is 3.56. The summed E-state index contributed by atoms with van der Waals surface area (Å²) in [5.74, 6) is 0.619. The number of benzene rings is 1. The molecule has 4 heteroatoms. The maximum absolute atomic E-state index is 13.9. The third kappa shape index (κ3) is 4.53. The Hall–Kier alpha value is -1.94. The van der Waals surface area contributed by atoms with Crippen molar-refractivity contribution < 1.29 is 4.39 Å². The smallest absolute Gasteiger partial charge is 0.131 e. The monoisotopic (exact) mass is 287 g/mol. The molecule has 0 saturated heterocycles.